The molecule has 24 heavy (non-hydrogen) atoms. The third-order valence-electron chi connectivity index (χ3n) is 3.76. The fourth-order valence-corrected chi connectivity index (χ4v) is 2.56. The predicted octanol–water partition coefficient (Wildman–Crippen LogP) is 4.76. The molecule has 1 atom stereocenters. The van der Waals surface area contributed by atoms with Crippen molar-refractivity contribution in [1.29, 1.82) is 0 Å². The van der Waals surface area contributed by atoms with Gasteiger partial charge < -0.3 is 5.32 Å². The minimum Gasteiger partial charge on any atom is -0.349 e. The number of halogens is 3. The highest BCUT2D eigenvalue weighted by molar-refractivity contribution is 5.79. The predicted molar refractivity (Wildman–Crippen MR) is 87.3 cm³/mol. The van der Waals surface area contributed by atoms with E-state index in [1.165, 1.54) is 12.1 Å². The summed E-state index contributed by atoms with van der Waals surface area (Å²) in [6.07, 6.45) is -4.49. The summed E-state index contributed by atoms with van der Waals surface area (Å²) in [4.78, 5) is 12.3. The van der Waals surface area contributed by atoms with Gasteiger partial charge in [-0.25, -0.2) is 0 Å². The van der Waals surface area contributed by atoms with Crippen molar-refractivity contribution >= 4 is 5.91 Å². The number of benzene rings is 2. The van der Waals surface area contributed by atoms with Gasteiger partial charge in [0.1, 0.15) is 0 Å². The van der Waals surface area contributed by atoms with Crippen LogP contribution < -0.4 is 5.32 Å². The van der Waals surface area contributed by atoms with E-state index in [9.17, 15) is 18.0 Å². The van der Waals surface area contributed by atoms with Crippen molar-refractivity contribution in [1.82, 2.24) is 5.32 Å². The number of alkyl halides is 3. The molecule has 0 aliphatic rings. The van der Waals surface area contributed by atoms with Crippen LogP contribution >= 0.6 is 0 Å². The molecule has 0 aliphatic heterocycles. The van der Waals surface area contributed by atoms with Gasteiger partial charge in [-0.15, -0.1) is 0 Å². The van der Waals surface area contributed by atoms with Gasteiger partial charge in [0.2, 0.25) is 5.91 Å². The van der Waals surface area contributed by atoms with Gasteiger partial charge in [-0.3, -0.25) is 4.79 Å². The monoisotopic (exact) mass is 335 g/mol. The van der Waals surface area contributed by atoms with Crippen LogP contribution in [0.25, 0.3) is 0 Å². The molecule has 2 rings (SSSR count). The number of carbonyl (C=O) groups is 1. The maximum absolute atomic E-state index is 12.7. The zero-order valence-electron chi connectivity index (χ0n) is 13.6. The highest BCUT2D eigenvalue weighted by Crippen LogP contribution is 2.29. The standard InChI is InChI=1S/C19H20F3NO/c1-13(2)18(15-8-4-3-5-9-15)23-17(24)12-14-7-6-10-16(11-14)19(20,21)22/h3-11,13,18H,12H2,1-2H3,(H,23,24)/t18-/m1/s1. The van der Waals surface area contributed by atoms with Crippen LogP contribution in [0.3, 0.4) is 0 Å². The van der Waals surface area contributed by atoms with Gasteiger partial charge in [-0.05, 0) is 23.1 Å². The molecule has 0 bridgehead atoms. The Morgan fingerprint density at radius 3 is 2.29 bits per heavy atom. The van der Waals surface area contributed by atoms with Crippen LogP contribution in [0.4, 0.5) is 13.2 Å². The van der Waals surface area contributed by atoms with Crippen molar-refractivity contribution in [3.05, 3.63) is 71.3 Å². The lowest BCUT2D eigenvalue weighted by Crippen LogP contribution is -2.32. The minimum absolute atomic E-state index is 0.0834. The molecule has 0 heterocycles. The van der Waals surface area contributed by atoms with E-state index >= 15 is 0 Å². The van der Waals surface area contributed by atoms with Crippen molar-refractivity contribution in [2.45, 2.75) is 32.5 Å². The Hall–Kier alpha value is -2.30. The van der Waals surface area contributed by atoms with Crippen molar-refractivity contribution in [2.75, 3.05) is 0 Å². The fourth-order valence-electron chi connectivity index (χ4n) is 2.56. The van der Waals surface area contributed by atoms with Crippen molar-refractivity contribution in [3.63, 3.8) is 0 Å². The maximum atomic E-state index is 12.7. The molecule has 2 aromatic rings. The molecular formula is C19H20F3NO. The maximum Gasteiger partial charge on any atom is 0.416 e. The first-order valence-corrected chi connectivity index (χ1v) is 7.78. The Morgan fingerprint density at radius 2 is 1.71 bits per heavy atom. The van der Waals surface area contributed by atoms with Crippen LogP contribution in [0.1, 0.15) is 36.6 Å². The molecule has 0 aromatic heterocycles. The van der Waals surface area contributed by atoms with Gasteiger partial charge in [0, 0.05) is 0 Å². The topological polar surface area (TPSA) is 29.1 Å². The first-order chi connectivity index (χ1) is 11.3. The summed E-state index contributed by atoms with van der Waals surface area (Å²) in [5, 5.41) is 2.92. The van der Waals surface area contributed by atoms with E-state index < -0.39 is 11.7 Å². The summed E-state index contributed by atoms with van der Waals surface area (Å²) in [7, 11) is 0. The molecule has 0 radical (unpaired) electrons. The summed E-state index contributed by atoms with van der Waals surface area (Å²) in [6, 6.07) is 14.2. The molecule has 0 saturated carbocycles. The van der Waals surface area contributed by atoms with E-state index in [1.54, 1.807) is 0 Å². The number of carbonyl (C=O) groups excluding carboxylic acids is 1. The summed E-state index contributed by atoms with van der Waals surface area (Å²) < 4.78 is 38.2. The summed E-state index contributed by atoms with van der Waals surface area (Å²) in [5.74, 6) is -0.130. The van der Waals surface area contributed by atoms with Gasteiger partial charge in [0.05, 0.1) is 18.0 Å². The summed E-state index contributed by atoms with van der Waals surface area (Å²) >= 11 is 0. The van der Waals surface area contributed by atoms with Crippen LogP contribution in [0.5, 0.6) is 0 Å². The Bertz CT molecular complexity index is 681. The molecule has 0 aliphatic carbocycles. The fraction of sp³-hybridized carbons (Fsp3) is 0.316. The van der Waals surface area contributed by atoms with E-state index in [2.05, 4.69) is 5.32 Å². The third-order valence-corrected chi connectivity index (χ3v) is 3.76. The molecule has 5 heteroatoms. The van der Waals surface area contributed by atoms with Crippen molar-refractivity contribution < 1.29 is 18.0 Å². The van der Waals surface area contributed by atoms with Crippen LogP contribution in [-0.4, -0.2) is 5.91 Å². The summed E-state index contributed by atoms with van der Waals surface area (Å²) in [6.45, 7) is 3.98. The molecule has 2 nitrogen and oxygen atoms in total. The normalized spacial score (nSPS) is 12.9. The zero-order valence-corrected chi connectivity index (χ0v) is 13.6. The van der Waals surface area contributed by atoms with E-state index in [1.807, 2.05) is 44.2 Å². The Labute approximate surface area is 139 Å². The smallest absolute Gasteiger partial charge is 0.349 e. The minimum atomic E-state index is -4.41. The lowest BCUT2D eigenvalue weighted by molar-refractivity contribution is -0.137. The SMILES string of the molecule is CC(C)[C@@H](NC(=O)Cc1cccc(C(F)(F)F)c1)c1ccccc1. The number of hydrogen-bond donors (Lipinski definition) is 1. The highest BCUT2D eigenvalue weighted by Gasteiger charge is 2.30. The van der Waals surface area contributed by atoms with Gasteiger partial charge in [-0.2, -0.15) is 13.2 Å². The number of hydrogen-bond acceptors (Lipinski definition) is 1. The molecule has 1 N–H and O–H groups in total. The second-order valence-electron chi connectivity index (χ2n) is 6.07. The molecule has 0 unspecified atom stereocenters. The number of amides is 1. The molecule has 0 fully saturated rings. The van der Waals surface area contributed by atoms with Gasteiger partial charge in [-0.1, -0.05) is 62.4 Å². The van der Waals surface area contributed by atoms with E-state index in [4.69, 9.17) is 0 Å². The average molecular weight is 335 g/mol. The van der Waals surface area contributed by atoms with Crippen LogP contribution in [-0.2, 0) is 17.4 Å². The Balaban J connectivity index is 2.09. The average Bonchev–Trinajstić information content (AvgIpc) is 2.52. The first kappa shape index (κ1) is 18.0. The third kappa shape index (κ3) is 4.85. The van der Waals surface area contributed by atoms with Gasteiger partial charge >= 0.3 is 6.18 Å². The zero-order chi connectivity index (χ0) is 17.7. The lowest BCUT2D eigenvalue weighted by atomic mass is 9.95. The molecular weight excluding hydrogens is 315 g/mol. The van der Waals surface area contributed by atoms with E-state index in [0.717, 1.165) is 17.7 Å². The second-order valence-corrected chi connectivity index (χ2v) is 6.07. The quantitative estimate of drug-likeness (QED) is 0.838. The van der Waals surface area contributed by atoms with Crippen molar-refractivity contribution in [2.24, 2.45) is 5.92 Å². The Kier molecular flexibility index (Phi) is 5.65. The van der Waals surface area contributed by atoms with Crippen LogP contribution in [0.15, 0.2) is 54.6 Å². The highest BCUT2D eigenvalue weighted by atomic mass is 19.4. The lowest BCUT2D eigenvalue weighted by Gasteiger charge is -2.23. The molecule has 1 amide bonds. The molecule has 0 spiro atoms. The van der Waals surface area contributed by atoms with Crippen LogP contribution in [0, 0.1) is 5.92 Å². The van der Waals surface area contributed by atoms with Gasteiger partial charge in [0.25, 0.3) is 0 Å². The molecule has 128 valence electrons. The Morgan fingerprint density at radius 1 is 1.04 bits per heavy atom. The van der Waals surface area contributed by atoms with E-state index in [0.29, 0.717) is 5.56 Å². The molecule has 0 saturated heterocycles. The number of rotatable bonds is 5. The number of nitrogens with one attached hydrogen (secondary N) is 1. The van der Waals surface area contributed by atoms with Crippen molar-refractivity contribution in [3.8, 4) is 0 Å². The second kappa shape index (κ2) is 7.51. The first-order valence-electron chi connectivity index (χ1n) is 7.78. The summed E-state index contributed by atoms with van der Waals surface area (Å²) in [5.41, 5.74) is 0.582. The largest absolute Gasteiger partial charge is 0.416 e. The molecule has 2 aromatic carbocycles. The van der Waals surface area contributed by atoms with Crippen LogP contribution in [0.2, 0.25) is 0 Å². The van der Waals surface area contributed by atoms with Gasteiger partial charge in [0.15, 0.2) is 0 Å². The van der Waals surface area contributed by atoms with E-state index in [-0.39, 0.29) is 24.3 Å².